The SMILES string of the molecule is COC(=O)CCc1ccccc1C[C@@H]1CCC[C@H]1C(=O)O. The minimum Gasteiger partial charge on any atom is -0.481 e. The van der Waals surface area contributed by atoms with Crippen LogP contribution in [-0.4, -0.2) is 24.2 Å². The summed E-state index contributed by atoms with van der Waals surface area (Å²) in [5, 5.41) is 9.28. The highest BCUT2D eigenvalue weighted by Gasteiger charge is 2.33. The maximum absolute atomic E-state index is 11.3. The van der Waals surface area contributed by atoms with E-state index in [1.54, 1.807) is 0 Å². The van der Waals surface area contributed by atoms with E-state index in [4.69, 9.17) is 0 Å². The average molecular weight is 290 g/mol. The zero-order chi connectivity index (χ0) is 15.2. The fraction of sp³-hybridized carbons (Fsp3) is 0.529. The highest BCUT2D eigenvalue weighted by Crippen LogP contribution is 2.35. The fourth-order valence-electron chi connectivity index (χ4n) is 3.23. The van der Waals surface area contributed by atoms with Crippen LogP contribution in [0, 0.1) is 11.8 Å². The number of carbonyl (C=O) groups excluding carboxylic acids is 1. The number of ether oxygens (including phenoxy) is 1. The maximum atomic E-state index is 11.3. The summed E-state index contributed by atoms with van der Waals surface area (Å²) in [6.07, 6.45) is 4.54. The number of hydrogen-bond acceptors (Lipinski definition) is 3. The molecule has 0 radical (unpaired) electrons. The van der Waals surface area contributed by atoms with Crippen LogP contribution in [0.25, 0.3) is 0 Å². The van der Waals surface area contributed by atoms with Gasteiger partial charge in [-0.1, -0.05) is 30.7 Å². The summed E-state index contributed by atoms with van der Waals surface area (Å²) in [5.74, 6) is -0.904. The van der Waals surface area contributed by atoms with Crippen molar-refractivity contribution in [2.75, 3.05) is 7.11 Å². The van der Waals surface area contributed by atoms with Gasteiger partial charge in [-0.05, 0) is 42.7 Å². The molecule has 1 aliphatic rings. The summed E-state index contributed by atoms with van der Waals surface area (Å²) < 4.78 is 4.68. The molecule has 1 N–H and O–H groups in total. The van der Waals surface area contributed by atoms with Crippen molar-refractivity contribution in [3.63, 3.8) is 0 Å². The quantitative estimate of drug-likeness (QED) is 0.818. The standard InChI is InChI=1S/C17H22O4/c1-21-16(18)10-9-12-5-2-3-6-13(12)11-14-7-4-8-15(14)17(19)20/h2-3,5-6,14-15H,4,7-11H2,1H3,(H,19,20)/t14-,15+/m0/s1. The molecule has 0 unspecified atom stereocenters. The van der Waals surface area contributed by atoms with E-state index in [0.29, 0.717) is 12.8 Å². The van der Waals surface area contributed by atoms with Gasteiger partial charge in [0.05, 0.1) is 13.0 Å². The molecule has 0 amide bonds. The number of carbonyl (C=O) groups is 2. The molecular weight excluding hydrogens is 268 g/mol. The lowest BCUT2D eigenvalue weighted by atomic mass is 9.87. The molecule has 4 heteroatoms. The van der Waals surface area contributed by atoms with Crippen LogP contribution in [0.5, 0.6) is 0 Å². The van der Waals surface area contributed by atoms with E-state index in [-0.39, 0.29) is 17.8 Å². The van der Waals surface area contributed by atoms with Gasteiger partial charge < -0.3 is 9.84 Å². The van der Waals surface area contributed by atoms with Gasteiger partial charge in [-0.25, -0.2) is 0 Å². The van der Waals surface area contributed by atoms with Crippen LogP contribution in [0.1, 0.15) is 36.8 Å². The molecule has 0 spiro atoms. The Morgan fingerprint density at radius 3 is 2.62 bits per heavy atom. The molecular formula is C17H22O4. The average Bonchev–Trinajstić information content (AvgIpc) is 2.94. The van der Waals surface area contributed by atoms with E-state index in [9.17, 15) is 14.7 Å². The van der Waals surface area contributed by atoms with Gasteiger partial charge in [0.15, 0.2) is 0 Å². The van der Waals surface area contributed by atoms with Crippen LogP contribution >= 0.6 is 0 Å². The van der Waals surface area contributed by atoms with Gasteiger partial charge in [0.2, 0.25) is 0 Å². The first kappa shape index (κ1) is 15.5. The van der Waals surface area contributed by atoms with Gasteiger partial charge in [-0.2, -0.15) is 0 Å². The minimum atomic E-state index is -0.676. The van der Waals surface area contributed by atoms with E-state index in [2.05, 4.69) is 4.74 Å². The Labute approximate surface area is 125 Å². The van der Waals surface area contributed by atoms with Crippen molar-refractivity contribution in [2.24, 2.45) is 11.8 Å². The molecule has 114 valence electrons. The van der Waals surface area contributed by atoms with Crippen LogP contribution < -0.4 is 0 Å². The van der Waals surface area contributed by atoms with Crippen LogP contribution in [0.15, 0.2) is 24.3 Å². The molecule has 1 aliphatic carbocycles. The largest absolute Gasteiger partial charge is 0.481 e. The first-order valence-electron chi connectivity index (χ1n) is 7.48. The molecule has 1 saturated carbocycles. The van der Waals surface area contributed by atoms with Crippen molar-refractivity contribution in [3.8, 4) is 0 Å². The van der Waals surface area contributed by atoms with E-state index >= 15 is 0 Å². The molecule has 0 bridgehead atoms. The molecule has 0 saturated heterocycles. The van der Waals surface area contributed by atoms with Crippen molar-refractivity contribution in [1.82, 2.24) is 0 Å². The van der Waals surface area contributed by atoms with Crippen molar-refractivity contribution < 1.29 is 19.4 Å². The number of carboxylic acids is 1. The van der Waals surface area contributed by atoms with Gasteiger partial charge in [-0.3, -0.25) is 9.59 Å². The summed E-state index contributed by atoms with van der Waals surface area (Å²) >= 11 is 0. The van der Waals surface area contributed by atoms with Gasteiger partial charge in [-0.15, -0.1) is 0 Å². The summed E-state index contributed by atoms with van der Waals surface area (Å²) in [5.41, 5.74) is 2.29. The minimum absolute atomic E-state index is 0.210. The molecule has 1 fully saturated rings. The fourth-order valence-corrected chi connectivity index (χ4v) is 3.23. The third-order valence-electron chi connectivity index (χ3n) is 4.40. The topological polar surface area (TPSA) is 63.6 Å². The lowest BCUT2D eigenvalue weighted by Crippen LogP contribution is -2.20. The van der Waals surface area contributed by atoms with Gasteiger partial charge in [0.25, 0.3) is 0 Å². The maximum Gasteiger partial charge on any atom is 0.306 e. The predicted octanol–water partition coefficient (Wildman–Crippen LogP) is 2.84. The van der Waals surface area contributed by atoms with Crippen molar-refractivity contribution in [1.29, 1.82) is 0 Å². The smallest absolute Gasteiger partial charge is 0.306 e. The number of esters is 1. The number of aryl methyl sites for hydroxylation is 1. The highest BCUT2D eigenvalue weighted by atomic mass is 16.5. The molecule has 0 aromatic heterocycles. The Kier molecular flexibility index (Phi) is 5.37. The van der Waals surface area contributed by atoms with E-state index < -0.39 is 5.97 Å². The first-order chi connectivity index (χ1) is 10.1. The van der Waals surface area contributed by atoms with Gasteiger partial charge in [0, 0.05) is 6.42 Å². The second-order valence-corrected chi connectivity index (χ2v) is 5.68. The summed E-state index contributed by atoms with van der Waals surface area (Å²) in [4.78, 5) is 22.6. The van der Waals surface area contributed by atoms with Crippen molar-refractivity contribution in [3.05, 3.63) is 35.4 Å². The molecule has 4 nitrogen and oxygen atoms in total. The predicted molar refractivity (Wildman–Crippen MR) is 78.9 cm³/mol. The number of rotatable bonds is 6. The van der Waals surface area contributed by atoms with E-state index in [0.717, 1.165) is 31.2 Å². The molecule has 21 heavy (non-hydrogen) atoms. The first-order valence-corrected chi connectivity index (χ1v) is 7.48. The Balaban J connectivity index is 2.05. The molecule has 1 aromatic rings. The lowest BCUT2D eigenvalue weighted by Gasteiger charge is -2.18. The Bertz CT molecular complexity index is 509. The zero-order valence-corrected chi connectivity index (χ0v) is 12.4. The summed E-state index contributed by atoms with van der Waals surface area (Å²) in [6, 6.07) is 7.99. The lowest BCUT2D eigenvalue weighted by molar-refractivity contribution is -0.143. The monoisotopic (exact) mass is 290 g/mol. The Hall–Kier alpha value is -1.84. The third-order valence-corrected chi connectivity index (χ3v) is 4.40. The van der Waals surface area contributed by atoms with E-state index in [1.807, 2.05) is 24.3 Å². The normalized spacial score (nSPS) is 21.2. The van der Waals surface area contributed by atoms with Crippen LogP contribution in [0.4, 0.5) is 0 Å². The summed E-state index contributed by atoms with van der Waals surface area (Å²) in [7, 11) is 1.39. The number of methoxy groups -OCH3 is 1. The van der Waals surface area contributed by atoms with Crippen molar-refractivity contribution >= 4 is 11.9 Å². The number of aliphatic carboxylic acids is 1. The van der Waals surface area contributed by atoms with E-state index in [1.165, 1.54) is 12.7 Å². The van der Waals surface area contributed by atoms with Crippen molar-refractivity contribution in [2.45, 2.75) is 38.5 Å². The van der Waals surface area contributed by atoms with Crippen LogP contribution in [0.3, 0.4) is 0 Å². The Morgan fingerprint density at radius 2 is 1.95 bits per heavy atom. The highest BCUT2D eigenvalue weighted by molar-refractivity contribution is 5.71. The van der Waals surface area contributed by atoms with Gasteiger partial charge >= 0.3 is 11.9 Å². The Morgan fingerprint density at radius 1 is 1.24 bits per heavy atom. The number of carboxylic acid groups (broad SMARTS) is 1. The molecule has 2 rings (SSSR count). The molecule has 1 aromatic carbocycles. The molecule has 2 atom stereocenters. The number of benzene rings is 1. The molecule has 0 heterocycles. The van der Waals surface area contributed by atoms with Crippen LogP contribution in [-0.2, 0) is 27.2 Å². The molecule has 0 aliphatic heterocycles. The second-order valence-electron chi connectivity index (χ2n) is 5.68. The van der Waals surface area contributed by atoms with Gasteiger partial charge in [0.1, 0.15) is 0 Å². The number of hydrogen-bond donors (Lipinski definition) is 1. The third kappa shape index (κ3) is 4.06. The second kappa shape index (κ2) is 7.25. The summed E-state index contributed by atoms with van der Waals surface area (Å²) in [6.45, 7) is 0. The van der Waals surface area contributed by atoms with Crippen LogP contribution in [0.2, 0.25) is 0 Å². The zero-order valence-electron chi connectivity index (χ0n) is 12.4.